The highest BCUT2D eigenvalue weighted by Gasteiger charge is 2.31. The van der Waals surface area contributed by atoms with Gasteiger partial charge in [-0.25, -0.2) is 4.79 Å². The Bertz CT molecular complexity index is 521. The number of hydrogen-bond donors (Lipinski definition) is 2. The first-order valence-electron chi connectivity index (χ1n) is 7.86. The van der Waals surface area contributed by atoms with Gasteiger partial charge in [0.05, 0.1) is 13.2 Å². The quantitative estimate of drug-likeness (QED) is 0.790. The van der Waals surface area contributed by atoms with Gasteiger partial charge in [-0.05, 0) is 32.3 Å². The Balaban J connectivity index is 3.02. The Hall–Kier alpha value is -1.88. The zero-order valence-corrected chi connectivity index (χ0v) is 14.8. The first-order chi connectivity index (χ1) is 10.7. The minimum atomic E-state index is -0.681. The third-order valence-corrected chi connectivity index (χ3v) is 3.36. The van der Waals surface area contributed by atoms with E-state index in [2.05, 4.69) is 10.6 Å². The maximum absolute atomic E-state index is 12.6. The van der Waals surface area contributed by atoms with E-state index in [0.29, 0.717) is 0 Å². The van der Waals surface area contributed by atoms with Crippen LogP contribution >= 0.6 is 0 Å². The smallest absolute Gasteiger partial charge is 0.327 e. The largest absolute Gasteiger partial charge is 0.468 e. The van der Waals surface area contributed by atoms with Crippen LogP contribution in [-0.2, 0) is 14.3 Å². The lowest BCUT2D eigenvalue weighted by molar-refractivity contribution is -0.144. The van der Waals surface area contributed by atoms with Crippen molar-refractivity contribution >= 4 is 11.9 Å². The van der Waals surface area contributed by atoms with Crippen molar-refractivity contribution in [2.45, 2.75) is 52.2 Å². The van der Waals surface area contributed by atoms with Crippen LogP contribution in [0.2, 0.25) is 0 Å². The molecule has 0 aliphatic carbocycles. The lowest BCUT2D eigenvalue weighted by atomic mass is 9.98. The van der Waals surface area contributed by atoms with Gasteiger partial charge in [0.1, 0.15) is 6.04 Å². The number of esters is 1. The maximum Gasteiger partial charge on any atom is 0.327 e. The third-order valence-electron chi connectivity index (χ3n) is 3.36. The number of ether oxygens (including phenoxy) is 1. The maximum atomic E-state index is 12.6. The van der Waals surface area contributed by atoms with Crippen molar-refractivity contribution in [3.05, 3.63) is 35.9 Å². The summed E-state index contributed by atoms with van der Waals surface area (Å²) in [6, 6.07) is 8.09. The van der Waals surface area contributed by atoms with Crippen LogP contribution in [0.4, 0.5) is 0 Å². The molecule has 2 atom stereocenters. The minimum Gasteiger partial charge on any atom is -0.468 e. The van der Waals surface area contributed by atoms with E-state index >= 15 is 0 Å². The predicted molar refractivity (Wildman–Crippen MR) is 90.9 cm³/mol. The molecule has 0 unspecified atom stereocenters. The molecule has 1 aromatic carbocycles. The van der Waals surface area contributed by atoms with Crippen molar-refractivity contribution in [2.75, 3.05) is 7.11 Å². The van der Waals surface area contributed by atoms with Gasteiger partial charge in [-0.1, -0.05) is 44.2 Å². The molecule has 0 aliphatic rings. The van der Waals surface area contributed by atoms with Crippen molar-refractivity contribution in [2.24, 2.45) is 5.92 Å². The molecule has 0 aromatic heterocycles. The van der Waals surface area contributed by atoms with Crippen LogP contribution in [0.1, 0.15) is 46.2 Å². The van der Waals surface area contributed by atoms with E-state index in [-0.39, 0.29) is 17.4 Å². The summed E-state index contributed by atoms with van der Waals surface area (Å²) < 4.78 is 4.89. The topological polar surface area (TPSA) is 67.4 Å². The number of amides is 1. The lowest BCUT2D eigenvalue weighted by Crippen LogP contribution is -2.54. The second kappa shape index (κ2) is 8.11. The molecule has 0 saturated heterocycles. The van der Waals surface area contributed by atoms with Crippen LogP contribution in [0.25, 0.3) is 0 Å². The zero-order valence-electron chi connectivity index (χ0n) is 14.8. The molecule has 1 aromatic rings. The fraction of sp³-hybridized carbons (Fsp3) is 0.556. The van der Waals surface area contributed by atoms with E-state index in [1.165, 1.54) is 7.11 Å². The molecular weight excluding hydrogens is 292 g/mol. The Morgan fingerprint density at radius 1 is 1.09 bits per heavy atom. The minimum absolute atomic E-state index is 0.0215. The first kappa shape index (κ1) is 19.2. The standard InChI is InChI=1S/C18H28N2O3/c1-12(2)14(16(21)20-18(3,4)5)19-15(17(22)23-6)13-10-8-7-9-11-13/h7-12,14-15,19H,1-6H3,(H,20,21)/t14-,15-/m1/s1. The summed E-state index contributed by atoms with van der Waals surface area (Å²) >= 11 is 0. The van der Waals surface area contributed by atoms with Crippen LogP contribution < -0.4 is 10.6 Å². The van der Waals surface area contributed by atoms with Crippen LogP contribution in [-0.4, -0.2) is 30.6 Å². The second-order valence-corrected chi connectivity index (χ2v) is 6.99. The van der Waals surface area contributed by atoms with Crippen molar-refractivity contribution in [1.82, 2.24) is 10.6 Å². The number of carbonyl (C=O) groups excluding carboxylic acids is 2. The SMILES string of the molecule is COC(=O)[C@H](N[C@@H](C(=O)NC(C)(C)C)C(C)C)c1ccccc1. The van der Waals surface area contributed by atoms with Gasteiger partial charge in [0.2, 0.25) is 5.91 Å². The fourth-order valence-electron chi connectivity index (χ4n) is 2.26. The average molecular weight is 320 g/mol. The summed E-state index contributed by atoms with van der Waals surface area (Å²) in [5, 5.41) is 6.12. The number of nitrogens with one attached hydrogen (secondary N) is 2. The molecule has 1 amide bonds. The Morgan fingerprint density at radius 2 is 1.65 bits per heavy atom. The van der Waals surface area contributed by atoms with Gasteiger partial charge >= 0.3 is 5.97 Å². The van der Waals surface area contributed by atoms with Crippen molar-refractivity contribution in [3.8, 4) is 0 Å². The monoisotopic (exact) mass is 320 g/mol. The molecule has 23 heavy (non-hydrogen) atoms. The molecule has 2 N–H and O–H groups in total. The van der Waals surface area contributed by atoms with E-state index < -0.39 is 18.1 Å². The molecule has 0 spiro atoms. The molecule has 1 rings (SSSR count). The fourth-order valence-corrected chi connectivity index (χ4v) is 2.26. The highest BCUT2D eigenvalue weighted by molar-refractivity contribution is 5.84. The number of benzene rings is 1. The molecule has 5 nitrogen and oxygen atoms in total. The molecule has 0 saturated carbocycles. The number of hydrogen-bond acceptors (Lipinski definition) is 4. The van der Waals surface area contributed by atoms with Crippen molar-refractivity contribution < 1.29 is 14.3 Å². The van der Waals surface area contributed by atoms with Crippen LogP contribution in [0.5, 0.6) is 0 Å². The van der Waals surface area contributed by atoms with Gasteiger partial charge in [-0.15, -0.1) is 0 Å². The number of methoxy groups -OCH3 is 1. The normalized spacial score (nSPS) is 14.2. The highest BCUT2D eigenvalue weighted by Crippen LogP contribution is 2.17. The molecule has 0 heterocycles. The summed E-state index contributed by atoms with van der Waals surface area (Å²) in [6.07, 6.45) is 0. The molecule has 0 fully saturated rings. The van der Waals surface area contributed by atoms with Crippen molar-refractivity contribution in [3.63, 3.8) is 0 Å². The molecule has 5 heteroatoms. The second-order valence-electron chi connectivity index (χ2n) is 6.99. The summed E-state index contributed by atoms with van der Waals surface area (Å²) in [6.45, 7) is 9.67. The predicted octanol–water partition coefficient (Wildman–Crippen LogP) is 2.43. The van der Waals surface area contributed by atoms with E-state index in [0.717, 1.165) is 5.56 Å². The average Bonchev–Trinajstić information content (AvgIpc) is 2.46. The molecule has 128 valence electrons. The van der Waals surface area contributed by atoms with Gasteiger partial charge in [0, 0.05) is 5.54 Å². The van der Waals surface area contributed by atoms with Crippen LogP contribution in [0.15, 0.2) is 30.3 Å². The van der Waals surface area contributed by atoms with E-state index in [4.69, 9.17) is 4.74 Å². The Morgan fingerprint density at radius 3 is 2.09 bits per heavy atom. The molecule has 0 aliphatic heterocycles. The van der Waals surface area contributed by atoms with Gasteiger partial charge in [-0.2, -0.15) is 0 Å². The summed E-state index contributed by atoms with van der Waals surface area (Å²) in [5.41, 5.74) is 0.438. The highest BCUT2D eigenvalue weighted by atomic mass is 16.5. The molecule has 0 radical (unpaired) electrons. The summed E-state index contributed by atoms with van der Waals surface area (Å²) in [7, 11) is 1.35. The van der Waals surface area contributed by atoms with Crippen LogP contribution in [0, 0.1) is 5.92 Å². The summed E-state index contributed by atoms with van der Waals surface area (Å²) in [4.78, 5) is 24.7. The number of rotatable bonds is 6. The molecule has 0 bridgehead atoms. The Labute approximate surface area is 138 Å². The molecular formula is C18H28N2O3. The van der Waals surface area contributed by atoms with Gasteiger partial charge in [0.25, 0.3) is 0 Å². The third kappa shape index (κ3) is 6.02. The van der Waals surface area contributed by atoms with E-state index in [1.54, 1.807) is 0 Å². The van der Waals surface area contributed by atoms with Gasteiger partial charge < -0.3 is 10.1 Å². The van der Waals surface area contributed by atoms with E-state index in [9.17, 15) is 9.59 Å². The van der Waals surface area contributed by atoms with Gasteiger partial charge in [0.15, 0.2) is 0 Å². The van der Waals surface area contributed by atoms with E-state index in [1.807, 2.05) is 65.0 Å². The first-order valence-corrected chi connectivity index (χ1v) is 7.86. The zero-order chi connectivity index (χ0) is 17.6. The number of carbonyl (C=O) groups is 2. The summed E-state index contributed by atoms with van der Waals surface area (Å²) in [5.74, 6) is -0.518. The van der Waals surface area contributed by atoms with Gasteiger partial charge in [-0.3, -0.25) is 10.1 Å². The van der Waals surface area contributed by atoms with Crippen molar-refractivity contribution in [1.29, 1.82) is 0 Å². The lowest BCUT2D eigenvalue weighted by Gasteiger charge is -2.30. The van der Waals surface area contributed by atoms with Crippen LogP contribution in [0.3, 0.4) is 0 Å². The Kier molecular flexibility index (Phi) is 6.76.